The number of benzene rings is 1. The molecule has 0 aliphatic rings. The summed E-state index contributed by atoms with van der Waals surface area (Å²) in [4.78, 5) is 4.34. The van der Waals surface area contributed by atoms with Crippen molar-refractivity contribution in [2.45, 2.75) is 26.7 Å². The summed E-state index contributed by atoms with van der Waals surface area (Å²) in [6, 6.07) is 5.25. The van der Waals surface area contributed by atoms with E-state index in [0.717, 1.165) is 11.3 Å². The number of aromatic nitrogens is 1. The van der Waals surface area contributed by atoms with Crippen molar-refractivity contribution < 1.29 is 4.74 Å². The monoisotopic (exact) mass is 310 g/mol. The summed E-state index contributed by atoms with van der Waals surface area (Å²) in [5, 5.41) is 0.722. The molecule has 5 heteroatoms. The Bertz CT molecular complexity index is 642. The molecule has 2 rings (SSSR count). The molecule has 0 aliphatic carbocycles. The van der Waals surface area contributed by atoms with E-state index in [-0.39, 0.29) is 0 Å². The van der Waals surface area contributed by atoms with Gasteiger partial charge in [0.05, 0.1) is 16.9 Å². The highest BCUT2D eigenvalue weighted by Crippen LogP contribution is 2.40. The van der Waals surface area contributed by atoms with Crippen LogP contribution < -0.4 is 10.5 Å². The molecule has 0 spiro atoms. The third-order valence-corrected chi connectivity index (χ3v) is 3.71. The first-order valence-electron chi connectivity index (χ1n) is 6.28. The number of hydrogen-bond donors (Lipinski definition) is 1. The van der Waals surface area contributed by atoms with Crippen LogP contribution in [0, 0.1) is 6.92 Å². The number of nitrogens with two attached hydrogens (primary N) is 1. The zero-order valence-electron chi connectivity index (χ0n) is 11.6. The summed E-state index contributed by atoms with van der Waals surface area (Å²) in [5.74, 6) is 1.31. The highest BCUT2D eigenvalue weighted by molar-refractivity contribution is 6.38. The molecule has 0 fully saturated rings. The lowest BCUT2D eigenvalue weighted by Crippen LogP contribution is -1.97. The maximum Gasteiger partial charge on any atom is 0.166 e. The SMILES string of the molecule is Cc1ncc(Oc2c(Cl)ccc(N)c2Cl)cc1C(C)C. The molecule has 3 nitrogen and oxygen atoms in total. The second-order valence-electron chi connectivity index (χ2n) is 4.88. The summed E-state index contributed by atoms with van der Waals surface area (Å²) < 4.78 is 5.76. The molecule has 1 heterocycles. The Labute approximate surface area is 128 Å². The van der Waals surface area contributed by atoms with Crippen LogP contribution in [0.3, 0.4) is 0 Å². The number of nitrogen functional groups attached to an aromatic ring is 1. The van der Waals surface area contributed by atoms with E-state index in [1.54, 1.807) is 18.3 Å². The summed E-state index contributed by atoms with van der Waals surface area (Å²) in [6.45, 7) is 6.18. The molecule has 0 saturated heterocycles. The van der Waals surface area contributed by atoms with Crippen molar-refractivity contribution in [3.63, 3.8) is 0 Å². The molecule has 0 unspecified atom stereocenters. The lowest BCUT2D eigenvalue weighted by atomic mass is 10.0. The van der Waals surface area contributed by atoms with Crippen LogP contribution in [0.25, 0.3) is 0 Å². The second-order valence-corrected chi connectivity index (χ2v) is 5.67. The third kappa shape index (κ3) is 3.00. The van der Waals surface area contributed by atoms with Gasteiger partial charge in [-0.3, -0.25) is 4.98 Å². The average Bonchev–Trinajstić information content (AvgIpc) is 2.40. The molecule has 0 amide bonds. The number of ether oxygens (including phenoxy) is 1. The van der Waals surface area contributed by atoms with Gasteiger partial charge in [0.1, 0.15) is 10.8 Å². The smallest absolute Gasteiger partial charge is 0.166 e. The van der Waals surface area contributed by atoms with Crippen LogP contribution in [0.1, 0.15) is 31.0 Å². The third-order valence-electron chi connectivity index (χ3n) is 3.02. The normalized spacial score (nSPS) is 10.9. The summed E-state index contributed by atoms with van der Waals surface area (Å²) in [6.07, 6.45) is 1.65. The standard InChI is InChI=1S/C15H16Cl2N2O/c1-8(2)11-6-10(7-19-9(11)3)20-15-12(16)4-5-13(18)14(15)17/h4-8H,18H2,1-3H3. The molecule has 0 aliphatic heterocycles. The average molecular weight is 311 g/mol. The molecule has 0 bridgehead atoms. The molecule has 106 valence electrons. The predicted molar refractivity (Wildman–Crippen MR) is 84.0 cm³/mol. The van der Waals surface area contributed by atoms with Gasteiger partial charge in [-0.15, -0.1) is 0 Å². The van der Waals surface area contributed by atoms with Crippen molar-refractivity contribution >= 4 is 28.9 Å². The van der Waals surface area contributed by atoms with Gasteiger partial charge < -0.3 is 10.5 Å². The highest BCUT2D eigenvalue weighted by Gasteiger charge is 2.13. The van der Waals surface area contributed by atoms with Gasteiger partial charge in [-0.1, -0.05) is 37.0 Å². The summed E-state index contributed by atoms with van der Waals surface area (Å²) >= 11 is 12.2. The van der Waals surface area contributed by atoms with Crippen molar-refractivity contribution in [3.05, 3.63) is 45.7 Å². The van der Waals surface area contributed by atoms with Crippen molar-refractivity contribution in [2.24, 2.45) is 0 Å². The molecule has 1 aromatic heterocycles. The Morgan fingerprint density at radius 3 is 2.60 bits per heavy atom. The van der Waals surface area contributed by atoms with Gasteiger partial charge in [0.2, 0.25) is 0 Å². The van der Waals surface area contributed by atoms with E-state index in [0.29, 0.717) is 33.1 Å². The number of rotatable bonds is 3. The van der Waals surface area contributed by atoms with Crippen LogP contribution in [0.2, 0.25) is 10.0 Å². The number of pyridine rings is 1. The van der Waals surface area contributed by atoms with Gasteiger partial charge in [0, 0.05) is 5.69 Å². The van der Waals surface area contributed by atoms with Crippen molar-refractivity contribution in [3.8, 4) is 11.5 Å². The minimum Gasteiger partial charge on any atom is -0.453 e. The van der Waals surface area contributed by atoms with E-state index in [1.165, 1.54) is 0 Å². The fraction of sp³-hybridized carbons (Fsp3) is 0.267. The van der Waals surface area contributed by atoms with Crippen molar-refractivity contribution in [1.29, 1.82) is 0 Å². The molecule has 20 heavy (non-hydrogen) atoms. The van der Waals surface area contributed by atoms with Crippen LogP contribution in [-0.4, -0.2) is 4.98 Å². The first kappa shape index (κ1) is 14.9. The van der Waals surface area contributed by atoms with Gasteiger partial charge in [0.25, 0.3) is 0 Å². The zero-order valence-corrected chi connectivity index (χ0v) is 13.1. The maximum absolute atomic E-state index is 6.13. The quantitative estimate of drug-likeness (QED) is 0.793. The molecule has 2 N–H and O–H groups in total. The van der Waals surface area contributed by atoms with Crippen molar-refractivity contribution in [2.75, 3.05) is 5.73 Å². The fourth-order valence-corrected chi connectivity index (χ4v) is 2.38. The van der Waals surface area contributed by atoms with Crippen LogP contribution in [-0.2, 0) is 0 Å². The number of halogens is 2. The van der Waals surface area contributed by atoms with Crippen LogP contribution in [0.5, 0.6) is 11.5 Å². The molecule has 0 radical (unpaired) electrons. The van der Waals surface area contributed by atoms with Crippen LogP contribution >= 0.6 is 23.2 Å². The van der Waals surface area contributed by atoms with Crippen molar-refractivity contribution in [1.82, 2.24) is 4.98 Å². The van der Waals surface area contributed by atoms with E-state index >= 15 is 0 Å². The second kappa shape index (κ2) is 5.90. The first-order valence-corrected chi connectivity index (χ1v) is 7.03. The lowest BCUT2D eigenvalue weighted by Gasteiger charge is -2.14. The number of nitrogens with zero attached hydrogens (tertiary/aromatic N) is 1. The van der Waals surface area contributed by atoms with Gasteiger partial charge in [-0.05, 0) is 36.6 Å². The van der Waals surface area contributed by atoms with E-state index in [4.69, 9.17) is 33.7 Å². The first-order chi connectivity index (χ1) is 9.40. The van der Waals surface area contributed by atoms with Crippen LogP contribution in [0.4, 0.5) is 5.69 Å². The predicted octanol–water partition coefficient (Wildman–Crippen LogP) is 5.19. The minimum absolute atomic E-state index is 0.309. The van der Waals surface area contributed by atoms with E-state index in [2.05, 4.69) is 18.8 Å². The minimum atomic E-state index is 0.309. The van der Waals surface area contributed by atoms with Gasteiger partial charge in [-0.2, -0.15) is 0 Å². The molecular formula is C15H16Cl2N2O. The molecule has 1 aromatic carbocycles. The van der Waals surface area contributed by atoms with E-state index < -0.39 is 0 Å². The van der Waals surface area contributed by atoms with E-state index in [9.17, 15) is 0 Å². The highest BCUT2D eigenvalue weighted by atomic mass is 35.5. The molecule has 0 saturated carbocycles. The summed E-state index contributed by atoms with van der Waals surface area (Å²) in [7, 11) is 0. The Kier molecular flexibility index (Phi) is 4.41. The maximum atomic E-state index is 6.13. The fourth-order valence-electron chi connectivity index (χ4n) is 1.93. The van der Waals surface area contributed by atoms with Gasteiger partial charge in [0.15, 0.2) is 5.75 Å². The Balaban J connectivity index is 2.41. The Morgan fingerprint density at radius 2 is 1.95 bits per heavy atom. The Hall–Kier alpha value is -1.45. The number of anilines is 1. The number of hydrogen-bond acceptors (Lipinski definition) is 3. The van der Waals surface area contributed by atoms with Gasteiger partial charge in [-0.25, -0.2) is 0 Å². The Morgan fingerprint density at radius 1 is 1.25 bits per heavy atom. The number of aryl methyl sites for hydroxylation is 1. The molecule has 2 aromatic rings. The molecular weight excluding hydrogens is 295 g/mol. The lowest BCUT2D eigenvalue weighted by molar-refractivity contribution is 0.479. The van der Waals surface area contributed by atoms with Gasteiger partial charge >= 0.3 is 0 Å². The summed E-state index contributed by atoms with van der Waals surface area (Å²) in [5.41, 5.74) is 8.29. The topological polar surface area (TPSA) is 48.1 Å². The molecule has 0 atom stereocenters. The zero-order chi connectivity index (χ0) is 14.9. The largest absolute Gasteiger partial charge is 0.453 e. The van der Waals surface area contributed by atoms with E-state index in [1.807, 2.05) is 13.0 Å². The van der Waals surface area contributed by atoms with Crippen LogP contribution in [0.15, 0.2) is 24.4 Å².